The van der Waals surface area contributed by atoms with Gasteiger partial charge in [-0.3, -0.25) is 4.98 Å². The standard InChI is InChI=1S/C12H7ClFNO2/c13-10-2-7(3-11(14)4-10)8-1-9(12(16)17)6-15-5-8/h1-6H,(H,16,17). The molecule has 0 aliphatic rings. The van der Waals surface area contributed by atoms with Crippen molar-refractivity contribution >= 4 is 17.6 Å². The van der Waals surface area contributed by atoms with Crippen molar-refractivity contribution in [2.45, 2.75) is 0 Å². The maximum atomic E-state index is 13.2. The number of hydrogen-bond donors (Lipinski definition) is 1. The minimum absolute atomic E-state index is 0.0443. The summed E-state index contributed by atoms with van der Waals surface area (Å²) < 4.78 is 13.2. The van der Waals surface area contributed by atoms with Crippen LogP contribution in [0.3, 0.4) is 0 Å². The Kier molecular flexibility index (Phi) is 3.06. The van der Waals surface area contributed by atoms with Crippen molar-refractivity contribution in [1.29, 1.82) is 0 Å². The molecule has 0 radical (unpaired) electrons. The van der Waals surface area contributed by atoms with Crippen molar-refractivity contribution < 1.29 is 14.3 Å². The molecule has 0 aliphatic heterocycles. The normalized spacial score (nSPS) is 10.2. The fourth-order valence-corrected chi connectivity index (χ4v) is 1.66. The monoisotopic (exact) mass is 251 g/mol. The minimum Gasteiger partial charge on any atom is -0.478 e. The van der Waals surface area contributed by atoms with E-state index >= 15 is 0 Å². The molecule has 3 nitrogen and oxygen atoms in total. The lowest BCUT2D eigenvalue weighted by atomic mass is 10.1. The number of aromatic nitrogens is 1. The van der Waals surface area contributed by atoms with Crippen LogP contribution in [0.25, 0.3) is 11.1 Å². The Bertz CT molecular complexity index is 566. The second kappa shape index (κ2) is 4.51. The van der Waals surface area contributed by atoms with Gasteiger partial charge in [-0.05, 0) is 29.8 Å². The van der Waals surface area contributed by atoms with E-state index in [0.717, 1.165) is 0 Å². The number of aromatic carboxylic acids is 1. The van der Waals surface area contributed by atoms with E-state index in [-0.39, 0.29) is 10.6 Å². The average molecular weight is 252 g/mol. The molecule has 1 aromatic heterocycles. The molecule has 86 valence electrons. The van der Waals surface area contributed by atoms with Gasteiger partial charge in [0, 0.05) is 23.0 Å². The molecular weight excluding hydrogens is 245 g/mol. The van der Waals surface area contributed by atoms with E-state index in [1.807, 2.05) is 0 Å². The van der Waals surface area contributed by atoms with Gasteiger partial charge in [-0.2, -0.15) is 0 Å². The zero-order valence-corrected chi connectivity index (χ0v) is 9.28. The van der Waals surface area contributed by atoms with Gasteiger partial charge in [-0.25, -0.2) is 9.18 Å². The highest BCUT2D eigenvalue weighted by Crippen LogP contribution is 2.24. The average Bonchev–Trinajstić information content (AvgIpc) is 2.28. The number of halogens is 2. The first kappa shape index (κ1) is 11.5. The van der Waals surface area contributed by atoms with Gasteiger partial charge in [0.1, 0.15) is 5.82 Å². The van der Waals surface area contributed by atoms with Crippen molar-refractivity contribution in [2.75, 3.05) is 0 Å². The number of carboxylic acids is 1. The van der Waals surface area contributed by atoms with E-state index in [1.165, 1.54) is 30.6 Å². The molecule has 1 N–H and O–H groups in total. The van der Waals surface area contributed by atoms with Crippen LogP contribution in [0.4, 0.5) is 4.39 Å². The molecule has 0 bridgehead atoms. The van der Waals surface area contributed by atoms with E-state index in [9.17, 15) is 9.18 Å². The van der Waals surface area contributed by atoms with E-state index in [0.29, 0.717) is 11.1 Å². The number of hydrogen-bond acceptors (Lipinski definition) is 2. The van der Waals surface area contributed by atoms with Crippen LogP contribution in [-0.4, -0.2) is 16.1 Å². The predicted molar refractivity (Wildman–Crippen MR) is 61.6 cm³/mol. The van der Waals surface area contributed by atoms with Crippen molar-refractivity contribution in [1.82, 2.24) is 4.98 Å². The molecule has 0 saturated carbocycles. The van der Waals surface area contributed by atoms with Crippen LogP contribution < -0.4 is 0 Å². The number of pyridine rings is 1. The molecular formula is C12H7ClFNO2. The molecule has 0 atom stereocenters. The second-order valence-corrected chi connectivity index (χ2v) is 3.86. The Hall–Kier alpha value is -1.94. The Morgan fingerprint density at radius 3 is 2.59 bits per heavy atom. The lowest BCUT2D eigenvalue weighted by molar-refractivity contribution is 0.0696. The summed E-state index contributed by atoms with van der Waals surface area (Å²) in [5, 5.41) is 9.08. The smallest absolute Gasteiger partial charge is 0.337 e. The molecule has 0 amide bonds. The fraction of sp³-hybridized carbons (Fsp3) is 0. The molecule has 1 heterocycles. The highest BCUT2D eigenvalue weighted by Gasteiger charge is 2.07. The molecule has 0 unspecified atom stereocenters. The molecule has 2 rings (SSSR count). The first-order valence-electron chi connectivity index (χ1n) is 4.71. The molecule has 5 heteroatoms. The fourth-order valence-electron chi connectivity index (χ4n) is 1.44. The molecule has 0 fully saturated rings. The van der Waals surface area contributed by atoms with E-state index in [4.69, 9.17) is 16.7 Å². The first-order chi connectivity index (χ1) is 8.06. The molecule has 1 aromatic carbocycles. The Morgan fingerprint density at radius 2 is 1.94 bits per heavy atom. The van der Waals surface area contributed by atoms with Crippen molar-refractivity contribution in [3.8, 4) is 11.1 Å². The summed E-state index contributed by atoms with van der Waals surface area (Å²) in [5.74, 6) is -1.56. The van der Waals surface area contributed by atoms with Crippen molar-refractivity contribution in [3.05, 3.63) is 53.1 Å². The number of nitrogens with zero attached hydrogens (tertiary/aromatic N) is 1. The molecule has 0 spiro atoms. The van der Waals surface area contributed by atoms with Crippen LogP contribution in [0.1, 0.15) is 10.4 Å². The Balaban J connectivity index is 2.52. The van der Waals surface area contributed by atoms with Gasteiger partial charge in [-0.1, -0.05) is 11.6 Å². The molecule has 2 aromatic rings. The largest absolute Gasteiger partial charge is 0.478 e. The maximum absolute atomic E-state index is 13.2. The lowest BCUT2D eigenvalue weighted by Gasteiger charge is -2.03. The molecule has 0 aliphatic carbocycles. The summed E-state index contributed by atoms with van der Waals surface area (Å²) >= 11 is 5.73. The van der Waals surface area contributed by atoms with Crippen molar-refractivity contribution in [2.24, 2.45) is 0 Å². The van der Waals surface area contributed by atoms with Gasteiger partial charge in [0.15, 0.2) is 0 Å². The van der Waals surface area contributed by atoms with Gasteiger partial charge in [0.2, 0.25) is 0 Å². The topological polar surface area (TPSA) is 50.2 Å². The van der Waals surface area contributed by atoms with Crippen LogP contribution >= 0.6 is 11.6 Å². The van der Waals surface area contributed by atoms with Gasteiger partial charge < -0.3 is 5.11 Å². The first-order valence-corrected chi connectivity index (χ1v) is 5.09. The number of carbonyl (C=O) groups is 1. The highest BCUT2D eigenvalue weighted by atomic mass is 35.5. The van der Waals surface area contributed by atoms with Crippen LogP contribution in [0.2, 0.25) is 5.02 Å². The van der Waals surface area contributed by atoms with E-state index in [1.54, 1.807) is 6.07 Å². The summed E-state index contributed by atoms with van der Waals surface area (Å²) in [4.78, 5) is 14.6. The second-order valence-electron chi connectivity index (χ2n) is 3.43. The van der Waals surface area contributed by atoms with Crippen LogP contribution in [0.15, 0.2) is 36.7 Å². The van der Waals surface area contributed by atoms with Crippen LogP contribution in [-0.2, 0) is 0 Å². The van der Waals surface area contributed by atoms with Gasteiger partial charge in [-0.15, -0.1) is 0 Å². The van der Waals surface area contributed by atoms with Crippen LogP contribution in [0.5, 0.6) is 0 Å². The molecule has 17 heavy (non-hydrogen) atoms. The van der Waals surface area contributed by atoms with E-state index in [2.05, 4.69) is 4.98 Å². The third-order valence-corrected chi connectivity index (χ3v) is 2.40. The number of carboxylic acid groups (broad SMARTS) is 1. The summed E-state index contributed by atoms with van der Waals surface area (Å²) in [6.07, 6.45) is 2.68. The zero-order chi connectivity index (χ0) is 12.4. The minimum atomic E-state index is -1.08. The predicted octanol–water partition coefficient (Wildman–Crippen LogP) is 3.24. The molecule has 0 saturated heterocycles. The van der Waals surface area contributed by atoms with E-state index < -0.39 is 11.8 Å². The SMILES string of the molecule is O=C(O)c1cncc(-c2cc(F)cc(Cl)c2)c1. The van der Waals surface area contributed by atoms with Gasteiger partial charge in [0.25, 0.3) is 0 Å². The Labute approximate surface area is 101 Å². The maximum Gasteiger partial charge on any atom is 0.337 e. The third-order valence-electron chi connectivity index (χ3n) is 2.18. The van der Waals surface area contributed by atoms with Crippen molar-refractivity contribution in [3.63, 3.8) is 0 Å². The summed E-state index contributed by atoms with van der Waals surface area (Å²) in [6.45, 7) is 0. The van der Waals surface area contributed by atoms with Gasteiger partial charge >= 0.3 is 5.97 Å². The Morgan fingerprint density at radius 1 is 1.18 bits per heavy atom. The summed E-state index contributed by atoms with van der Waals surface area (Å²) in [7, 11) is 0. The van der Waals surface area contributed by atoms with Gasteiger partial charge in [0.05, 0.1) is 5.56 Å². The lowest BCUT2D eigenvalue weighted by Crippen LogP contribution is -1.97. The summed E-state index contributed by atoms with van der Waals surface area (Å²) in [6, 6.07) is 5.42. The van der Waals surface area contributed by atoms with Crippen LogP contribution in [0, 0.1) is 5.82 Å². The number of rotatable bonds is 2. The highest BCUT2D eigenvalue weighted by molar-refractivity contribution is 6.30. The quantitative estimate of drug-likeness (QED) is 0.891. The summed E-state index contributed by atoms with van der Waals surface area (Å²) in [5.41, 5.74) is 1.04. The zero-order valence-electron chi connectivity index (χ0n) is 8.52. The number of benzene rings is 1. The third kappa shape index (κ3) is 2.60.